The van der Waals surface area contributed by atoms with Crippen LogP contribution in [0.15, 0.2) is 72.8 Å². The molecule has 8 heterocycles. The van der Waals surface area contributed by atoms with Crippen molar-refractivity contribution >= 4 is 57.8 Å². The monoisotopic (exact) mass is 754 g/mol. The summed E-state index contributed by atoms with van der Waals surface area (Å²) in [6.07, 6.45) is 4.04. The largest absolute Gasteiger partial charge is 0.381 e. The molecule has 4 aromatic heterocycles. The van der Waals surface area contributed by atoms with Crippen molar-refractivity contribution in [2.75, 3.05) is 47.7 Å². The third-order valence-electron chi connectivity index (χ3n) is 11.4. The number of nitrogens with one attached hydrogen (secondary N) is 4. The van der Waals surface area contributed by atoms with Gasteiger partial charge in [0.2, 0.25) is 23.7 Å². The Morgan fingerprint density at radius 1 is 0.661 bits per heavy atom. The molecule has 2 atom stereocenters. The first-order chi connectivity index (χ1) is 27.0. The molecule has 14 heteroatoms. The zero-order chi connectivity index (χ0) is 38.6. The van der Waals surface area contributed by atoms with Crippen LogP contribution in [-0.4, -0.2) is 67.4 Å². The maximum Gasteiger partial charge on any atom is 0.247 e. The predicted molar refractivity (Wildman–Crippen MR) is 214 cm³/mol. The van der Waals surface area contributed by atoms with Gasteiger partial charge in [0.25, 0.3) is 0 Å². The maximum atomic E-state index is 12.2. The molecule has 10 rings (SSSR count). The Hall–Kier alpha value is -5.86. The van der Waals surface area contributed by atoms with Crippen molar-refractivity contribution in [1.29, 1.82) is 0 Å². The standard InChI is InChI=1S/2C21H23N5O2/c2*1-21(2)16-7-6-14(11-17(16)23-19(21)27)22-20-24-18-5-3-4-15(26(18)25-20)10-13-8-9-28-12-13/h2*3-7,11,13H,8-10,12H2,1-2H3,(H,22,25)(H,23,27)/t2*13-/m10/s1. The Morgan fingerprint density at radius 2 is 1.11 bits per heavy atom. The van der Waals surface area contributed by atoms with Crippen LogP contribution in [0.25, 0.3) is 11.3 Å². The van der Waals surface area contributed by atoms with Crippen molar-refractivity contribution in [3.05, 3.63) is 95.3 Å². The molecule has 4 aliphatic rings. The Kier molecular flexibility index (Phi) is 8.96. The number of pyridine rings is 2. The minimum absolute atomic E-state index is 0.0195. The Morgan fingerprint density at radius 3 is 1.52 bits per heavy atom. The topological polar surface area (TPSA) is 161 Å². The summed E-state index contributed by atoms with van der Waals surface area (Å²) in [5, 5.41) is 21.7. The van der Waals surface area contributed by atoms with E-state index in [0.717, 1.165) is 109 Å². The third kappa shape index (κ3) is 6.72. The van der Waals surface area contributed by atoms with Crippen LogP contribution in [0.3, 0.4) is 0 Å². The van der Waals surface area contributed by atoms with E-state index in [1.165, 1.54) is 0 Å². The second-order valence-corrected chi connectivity index (χ2v) is 16.2. The smallest absolute Gasteiger partial charge is 0.247 e. The summed E-state index contributed by atoms with van der Waals surface area (Å²) in [6.45, 7) is 11.0. The Balaban J connectivity index is 0.000000146. The summed E-state index contributed by atoms with van der Waals surface area (Å²) in [5.74, 6) is 2.19. The van der Waals surface area contributed by atoms with E-state index in [1.54, 1.807) is 0 Å². The molecule has 0 saturated carbocycles. The number of fused-ring (bicyclic) bond motifs is 4. The SMILES string of the molecule is CC1(C)C(=O)Nc2cc(Nc3nc4cccc(C[C@@H]5CCOC5)n4n3)ccc21.CC1(C)C(=O)Nc2cc(Nc3nc4cccc(C[C@H]5CCOC5)n4n3)ccc21. The van der Waals surface area contributed by atoms with Gasteiger partial charge < -0.3 is 30.7 Å². The van der Waals surface area contributed by atoms with Gasteiger partial charge in [0.05, 0.1) is 10.8 Å². The molecule has 2 aromatic carbocycles. The van der Waals surface area contributed by atoms with Gasteiger partial charge in [0.1, 0.15) is 0 Å². The van der Waals surface area contributed by atoms with Gasteiger partial charge in [-0.25, -0.2) is 9.03 Å². The third-order valence-corrected chi connectivity index (χ3v) is 11.4. The minimum atomic E-state index is -0.506. The molecule has 0 unspecified atom stereocenters. The van der Waals surface area contributed by atoms with Crippen molar-refractivity contribution in [3.8, 4) is 0 Å². The fraction of sp³-hybridized carbons (Fsp3) is 0.381. The summed E-state index contributed by atoms with van der Waals surface area (Å²) in [4.78, 5) is 33.5. The number of ether oxygens (including phenoxy) is 2. The second-order valence-electron chi connectivity index (χ2n) is 16.2. The molecule has 0 radical (unpaired) electrons. The van der Waals surface area contributed by atoms with Crippen molar-refractivity contribution in [2.24, 2.45) is 11.8 Å². The molecule has 2 fully saturated rings. The zero-order valence-corrected chi connectivity index (χ0v) is 32.1. The lowest BCUT2D eigenvalue weighted by Crippen LogP contribution is -2.26. The number of anilines is 6. The number of aromatic nitrogens is 6. The summed E-state index contributed by atoms with van der Waals surface area (Å²) < 4.78 is 14.8. The van der Waals surface area contributed by atoms with Gasteiger partial charge in [0.15, 0.2) is 11.3 Å². The first kappa shape index (κ1) is 35.8. The molecular formula is C42H46N10O4. The lowest BCUT2D eigenvalue weighted by Gasteiger charge is -2.15. The Bertz CT molecular complexity index is 2300. The number of nitrogens with zero attached hydrogens (tertiary/aromatic N) is 6. The molecule has 0 spiro atoms. The van der Waals surface area contributed by atoms with Crippen LogP contribution in [-0.2, 0) is 42.7 Å². The van der Waals surface area contributed by atoms with Crippen LogP contribution in [0.2, 0.25) is 0 Å². The molecule has 6 aromatic rings. The number of carbonyl (C=O) groups excluding carboxylic acids is 2. The average Bonchev–Trinajstić information content (AvgIpc) is 4.03. The van der Waals surface area contributed by atoms with Crippen molar-refractivity contribution in [2.45, 2.75) is 64.2 Å². The Labute approximate surface area is 324 Å². The average molecular weight is 755 g/mol. The molecule has 4 N–H and O–H groups in total. The van der Waals surface area contributed by atoms with Crippen LogP contribution in [0.1, 0.15) is 63.1 Å². The van der Waals surface area contributed by atoms with Crippen molar-refractivity contribution in [1.82, 2.24) is 29.2 Å². The molecule has 2 amide bonds. The molecule has 2 saturated heterocycles. The highest BCUT2D eigenvalue weighted by Crippen LogP contribution is 2.40. The quantitative estimate of drug-likeness (QED) is 0.134. The highest BCUT2D eigenvalue weighted by Gasteiger charge is 2.39. The van der Waals surface area contributed by atoms with E-state index in [0.29, 0.717) is 23.7 Å². The number of rotatable bonds is 8. The summed E-state index contributed by atoms with van der Waals surface area (Å²) in [5.41, 5.74) is 8.27. The number of carbonyl (C=O) groups is 2. The van der Waals surface area contributed by atoms with Gasteiger partial charge in [-0.1, -0.05) is 24.3 Å². The predicted octanol–water partition coefficient (Wildman–Crippen LogP) is 6.56. The van der Waals surface area contributed by atoms with Gasteiger partial charge in [-0.15, -0.1) is 10.2 Å². The van der Waals surface area contributed by atoms with Gasteiger partial charge in [-0.2, -0.15) is 9.97 Å². The van der Waals surface area contributed by atoms with Crippen LogP contribution < -0.4 is 21.3 Å². The van der Waals surface area contributed by atoms with Crippen LogP contribution >= 0.6 is 0 Å². The van der Waals surface area contributed by atoms with Gasteiger partial charge in [0, 0.05) is 60.6 Å². The molecule has 0 bridgehead atoms. The molecule has 56 heavy (non-hydrogen) atoms. The van der Waals surface area contributed by atoms with Crippen LogP contribution in [0, 0.1) is 11.8 Å². The highest BCUT2D eigenvalue weighted by atomic mass is 16.5. The first-order valence-corrected chi connectivity index (χ1v) is 19.3. The number of amides is 2. The molecule has 0 aliphatic carbocycles. The fourth-order valence-electron chi connectivity index (χ4n) is 8.01. The van der Waals surface area contributed by atoms with Crippen LogP contribution in [0.5, 0.6) is 0 Å². The molecule has 4 aliphatic heterocycles. The van der Waals surface area contributed by atoms with E-state index in [9.17, 15) is 9.59 Å². The normalized spacial score (nSPS) is 20.4. The number of hydrogen-bond donors (Lipinski definition) is 4. The molecule has 14 nitrogen and oxygen atoms in total. The minimum Gasteiger partial charge on any atom is -0.381 e. The lowest BCUT2D eigenvalue weighted by atomic mass is 9.86. The number of benzene rings is 2. The summed E-state index contributed by atoms with van der Waals surface area (Å²) >= 11 is 0. The molecular weight excluding hydrogens is 709 g/mol. The van der Waals surface area contributed by atoms with Crippen molar-refractivity contribution in [3.63, 3.8) is 0 Å². The van der Waals surface area contributed by atoms with E-state index >= 15 is 0 Å². The zero-order valence-electron chi connectivity index (χ0n) is 32.1. The van der Waals surface area contributed by atoms with Gasteiger partial charge >= 0.3 is 0 Å². The van der Waals surface area contributed by atoms with Crippen molar-refractivity contribution < 1.29 is 19.1 Å². The number of hydrogen-bond acceptors (Lipinski definition) is 10. The molecule has 288 valence electrons. The summed E-state index contributed by atoms with van der Waals surface area (Å²) in [6, 6.07) is 23.9. The second kappa shape index (κ2) is 14.0. The van der Waals surface area contributed by atoms with Crippen LogP contribution in [0.4, 0.5) is 34.6 Å². The van der Waals surface area contributed by atoms with E-state index in [4.69, 9.17) is 9.47 Å². The van der Waals surface area contributed by atoms with E-state index in [-0.39, 0.29) is 11.8 Å². The highest BCUT2D eigenvalue weighted by molar-refractivity contribution is 6.07. The fourth-order valence-corrected chi connectivity index (χ4v) is 8.01. The van der Waals surface area contributed by atoms with Gasteiger partial charge in [-0.3, -0.25) is 9.59 Å². The lowest BCUT2D eigenvalue weighted by molar-refractivity contribution is -0.120. The summed E-state index contributed by atoms with van der Waals surface area (Å²) in [7, 11) is 0. The van der Waals surface area contributed by atoms with E-state index in [1.807, 2.05) is 97.4 Å². The first-order valence-electron chi connectivity index (χ1n) is 19.3. The van der Waals surface area contributed by atoms with E-state index in [2.05, 4.69) is 53.6 Å². The maximum absolute atomic E-state index is 12.2. The van der Waals surface area contributed by atoms with Gasteiger partial charge in [-0.05, 0) is 125 Å². The van der Waals surface area contributed by atoms with E-state index < -0.39 is 10.8 Å².